The van der Waals surface area contributed by atoms with E-state index in [4.69, 9.17) is 33.7 Å². The Morgan fingerprint density at radius 2 is 1.65 bits per heavy atom. The number of aliphatic hydroxyl groups is 1. The summed E-state index contributed by atoms with van der Waals surface area (Å²) >= 11 is 16.1. The van der Waals surface area contributed by atoms with E-state index in [9.17, 15) is 9.90 Å². The van der Waals surface area contributed by atoms with Gasteiger partial charge in [-0.1, -0.05) is 46.9 Å². The number of halogens is 5. The van der Waals surface area contributed by atoms with Gasteiger partial charge in [0.15, 0.2) is 5.60 Å². The van der Waals surface area contributed by atoms with Crippen molar-refractivity contribution < 1.29 is 14.6 Å². The first-order chi connectivity index (χ1) is 17.1. The summed E-state index contributed by atoms with van der Waals surface area (Å²) in [7, 11) is 0. The fourth-order valence-corrected chi connectivity index (χ4v) is 3.79. The number of carbonyl (C=O) groups excluding carboxylic acids is 1. The molecule has 2 aromatic rings. The van der Waals surface area contributed by atoms with E-state index in [0.29, 0.717) is 38.8 Å². The molecule has 10 heteroatoms. The molecule has 1 amide bonds. The lowest BCUT2D eigenvalue weighted by Crippen LogP contribution is -2.36. The Balaban J connectivity index is 0.000000239. The quantitative estimate of drug-likeness (QED) is 0.153. The fourth-order valence-electron chi connectivity index (χ4n) is 3.44. The summed E-state index contributed by atoms with van der Waals surface area (Å²) in [6.45, 7) is 3.45. The summed E-state index contributed by atoms with van der Waals surface area (Å²) in [5.41, 5.74) is 6.28. The lowest BCUT2D eigenvalue weighted by molar-refractivity contribution is 0.0714. The highest BCUT2D eigenvalue weighted by atomic mass is 128. The fraction of sp³-hybridized carbons (Fsp3) is 0.370. The number of fused-ring (bicyclic) bond motifs is 1. The number of nitrogens with two attached hydrogens (primary N) is 1. The van der Waals surface area contributed by atoms with Crippen LogP contribution < -0.4 is 11.1 Å². The molecule has 0 radical (unpaired) electrons. The van der Waals surface area contributed by atoms with Crippen LogP contribution in [0, 0.1) is 35.5 Å². The molecule has 3 aliphatic rings. The Bertz CT molecular complexity index is 1260. The monoisotopic (exact) mass is 878 g/mol. The van der Waals surface area contributed by atoms with Crippen LogP contribution in [0.3, 0.4) is 0 Å². The third kappa shape index (κ3) is 9.50. The van der Waals surface area contributed by atoms with Crippen LogP contribution in [0.2, 0.25) is 10.0 Å². The maximum Gasteiger partial charge on any atom is 0.413 e. The van der Waals surface area contributed by atoms with E-state index >= 15 is 0 Å². The molecule has 2 fully saturated rings. The van der Waals surface area contributed by atoms with Crippen LogP contribution in [0.5, 0.6) is 0 Å². The van der Waals surface area contributed by atoms with Crippen molar-refractivity contribution in [1.82, 2.24) is 0 Å². The Labute approximate surface area is 268 Å². The molecule has 2 aliphatic carbocycles. The standard InChI is InChI=1S/C14H12ClNO2.C13H14ClNO.I2.HI/c1-14(7-6-9-2-3-9)11-8-10(15)4-5-12(11)16-13(17)18-14;1-13(16,7-6-9-2-3-9)11-8-10(14)4-5-12(11)15;1-2;/h4-5,8-9H,2-3H2,1H3,(H,16,17);4-5,8-9,16H,2-3,15H2,1H3;;1H. The minimum absolute atomic E-state index is 0. The van der Waals surface area contributed by atoms with Gasteiger partial charge in [-0.2, -0.15) is 0 Å². The summed E-state index contributed by atoms with van der Waals surface area (Å²) in [5, 5.41) is 14.1. The summed E-state index contributed by atoms with van der Waals surface area (Å²) in [5.74, 6) is 13.1. The second-order valence-electron chi connectivity index (χ2n) is 9.13. The van der Waals surface area contributed by atoms with Gasteiger partial charge in [0.1, 0.15) is 5.60 Å². The predicted molar refractivity (Wildman–Crippen MR) is 179 cm³/mol. The van der Waals surface area contributed by atoms with E-state index in [1.807, 2.05) is 0 Å². The van der Waals surface area contributed by atoms with Gasteiger partial charge in [-0.15, -0.1) is 24.0 Å². The molecule has 0 spiro atoms. The maximum absolute atomic E-state index is 11.6. The minimum atomic E-state index is -1.22. The first kappa shape index (κ1) is 32.6. The topological polar surface area (TPSA) is 84.6 Å². The van der Waals surface area contributed by atoms with Crippen molar-refractivity contribution in [2.75, 3.05) is 11.1 Å². The minimum Gasteiger partial charge on any atom is -0.425 e. The number of benzene rings is 2. The highest BCUT2D eigenvalue weighted by molar-refractivity contribution is 15.0. The van der Waals surface area contributed by atoms with Crippen LogP contribution in [0.1, 0.15) is 50.7 Å². The van der Waals surface area contributed by atoms with Crippen molar-refractivity contribution in [3.05, 3.63) is 57.6 Å². The number of nitrogen functional groups attached to an aromatic ring is 1. The third-order valence-corrected chi connectivity index (χ3v) is 6.23. The molecule has 0 aromatic heterocycles. The van der Waals surface area contributed by atoms with Crippen molar-refractivity contribution in [1.29, 1.82) is 0 Å². The molecule has 1 aliphatic heterocycles. The van der Waals surface area contributed by atoms with Gasteiger partial charge < -0.3 is 15.6 Å². The summed E-state index contributed by atoms with van der Waals surface area (Å²) < 4.78 is 5.35. The molecule has 4 N–H and O–H groups in total. The second-order valence-corrected chi connectivity index (χ2v) is 10.0. The molecule has 198 valence electrons. The Morgan fingerprint density at radius 3 is 2.27 bits per heavy atom. The molecule has 5 rings (SSSR count). The number of rotatable bonds is 1. The van der Waals surface area contributed by atoms with Gasteiger partial charge in [-0.3, -0.25) is 5.32 Å². The Kier molecular flexibility index (Phi) is 12.4. The van der Waals surface area contributed by atoms with E-state index in [0.717, 1.165) is 31.2 Å². The first-order valence-electron chi connectivity index (χ1n) is 11.3. The number of hydrogen-bond acceptors (Lipinski definition) is 4. The second kappa shape index (κ2) is 14.1. The van der Waals surface area contributed by atoms with Crippen LogP contribution in [-0.4, -0.2) is 11.2 Å². The predicted octanol–water partition coefficient (Wildman–Crippen LogP) is 8.46. The molecule has 2 aromatic carbocycles. The zero-order valence-electron chi connectivity index (χ0n) is 20.2. The van der Waals surface area contributed by atoms with Crippen LogP contribution >= 0.6 is 84.4 Å². The molecule has 2 unspecified atom stereocenters. The largest absolute Gasteiger partial charge is 0.425 e. The summed E-state index contributed by atoms with van der Waals surface area (Å²) in [6.07, 6.45) is 4.06. The average molecular weight is 879 g/mol. The van der Waals surface area contributed by atoms with Crippen molar-refractivity contribution in [3.63, 3.8) is 0 Å². The van der Waals surface area contributed by atoms with E-state index < -0.39 is 17.3 Å². The van der Waals surface area contributed by atoms with E-state index in [-0.39, 0.29) is 24.0 Å². The van der Waals surface area contributed by atoms with Crippen molar-refractivity contribution in [2.24, 2.45) is 11.8 Å². The lowest BCUT2D eigenvalue weighted by atomic mass is 9.93. The molecule has 0 bridgehead atoms. The van der Waals surface area contributed by atoms with Crippen LogP contribution in [0.4, 0.5) is 16.2 Å². The van der Waals surface area contributed by atoms with Gasteiger partial charge in [-0.05, 0) is 75.9 Å². The maximum atomic E-state index is 11.6. The molecule has 2 atom stereocenters. The number of amides is 1. The van der Waals surface area contributed by atoms with Crippen molar-refractivity contribution in [2.45, 2.75) is 50.7 Å². The van der Waals surface area contributed by atoms with Gasteiger partial charge in [0.05, 0.1) is 5.69 Å². The normalized spacial score (nSPS) is 20.5. The molecule has 5 nitrogen and oxygen atoms in total. The van der Waals surface area contributed by atoms with E-state index in [2.05, 4.69) is 66.2 Å². The van der Waals surface area contributed by atoms with Gasteiger partial charge >= 0.3 is 6.09 Å². The highest BCUT2D eigenvalue weighted by Gasteiger charge is 2.37. The SMILES string of the molecule is CC(O)(C#CC1CC1)c1cc(Cl)ccc1N.CC1(C#CC2CC2)OC(=O)Nc2ccc(Cl)cc21.I.II. The number of ether oxygens (including phenoxy) is 1. The van der Waals surface area contributed by atoms with Gasteiger partial charge in [0, 0.05) is 75.9 Å². The van der Waals surface area contributed by atoms with Crippen molar-refractivity contribution in [3.8, 4) is 23.7 Å². The molecule has 1 heterocycles. The van der Waals surface area contributed by atoms with E-state index in [1.54, 1.807) is 50.2 Å². The number of nitrogens with one attached hydrogen (secondary N) is 1. The van der Waals surface area contributed by atoms with Gasteiger partial charge in [-0.25, -0.2) is 4.79 Å². The van der Waals surface area contributed by atoms with Crippen molar-refractivity contribution >= 4 is 102 Å². The number of cyclic esters (lactones) is 1. The molecule has 37 heavy (non-hydrogen) atoms. The zero-order valence-corrected chi connectivity index (χ0v) is 28.4. The lowest BCUT2D eigenvalue weighted by Gasteiger charge is -2.31. The Hall–Kier alpha value is -0.640. The van der Waals surface area contributed by atoms with Crippen LogP contribution in [0.15, 0.2) is 36.4 Å². The molecule has 0 saturated heterocycles. The van der Waals surface area contributed by atoms with Crippen LogP contribution in [-0.2, 0) is 15.9 Å². The van der Waals surface area contributed by atoms with E-state index in [1.165, 1.54) is 0 Å². The van der Waals surface area contributed by atoms with Crippen LogP contribution in [0.25, 0.3) is 0 Å². The number of hydrogen-bond donors (Lipinski definition) is 3. The van der Waals surface area contributed by atoms with Gasteiger partial charge in [0.25, 0.3) is 0 Å². The third-order valence-electron chi connectivity index (χ3n) is 5.76. The zero-order chi connectivity index (χ0) is 26.5. The molecular formula is C27H27Cl2I3N2O3. The number of carbonyl (C=O) groups is 1. The number of anilines is 2. The molecule has 2 saturated carbocycles. The molecular weight excluding hydrogens is 852 g/mol. The Morgan fingerprint density at radius 1 is 1.08 bits per heavy atom. The average Bonchev–Trinajstić information content (AvgIpc) is 3.75. The summed E-state index contributed by atoms with van der Waals surface area (Å²) in [6, 6.07) is 10.3. The summed E-state index contributed by atoms with van der Waals surface area (Å²) in [4.78, 5) is 11.6. The first-order valence-corrected chi connectivity index (χ1v) is 18.4. The highest BCUT2D eigenvalue weighted by Crippen LogP contribution is 2.38. The van der Waals surface area contributed by atoms with Gasteiger partial charge in [0.2, 0.25) is 0 Å². The smallest absolute Gasteiger partial charge is 0.413 e.